The first-order chi connectivity index (χ1) is 21.4. The van der Waals surface area contributed by atoms with Gasteiger partial charge >= 0.3 is 6.09 Å². The monoisotopic (exact) mass is 632 g/mol. The van der Waals surface area contributed by atoms with Crippen molar-refractivity contribution in [2.45, 2.75) is 51.2 Å². The second-order valence-corrected chi connectivity index (χ2v) is 12.9. The van der Waals surface area contributed by atoms with Crippen molar-refractivity contribution < 1.29 is 32.4 Å². The third kappa shape index (κ3) is 7.20. The van der Waals surface area contributed by atoms with Gasteiger partial charge in [0.2, 0.25) is 0 Å². The predicted molar refractivity (Wildman–Crippen MR) is 167 cm³/mol. The maximum Gasteiger partial charge on any atom is 0.424 e. The molecule has 1 heterocycles. The quantitative estimate of drug-likeness (QED) is 0.149. The summed E-state index contributed by atoms with van der Waals surface area (Å²) in [5, 5.41) is 15.1. The highest BCUT2D eigenvalue weighted by Crippen LogP contribution is 2.31. The fourth-order valence-electron chi connectivity index (χ4n) is 4.63. The molecule has 2 amide bonds. The summed E-state index contributed by atoms with van der Waals surface area (Å²) >= 11 is 0. The predicted octanol–water partition coefficient (Wildman–Crippen LogP) is 6.23. The van der Waals surface area contributed by atoms with Gasteiger partial charge < -0.3 is 14.8 Å². The Hall–Kier alpha value is -5.04. The van der Waals surface area contributed by atoms with Gasteiger partial charge in [-0.15, -0.1) is 0 Å². The lowest BCUT2D eigenvalue weighted by molar-refractivity contribution is -0.387. The first-order valence-electron chi connectivity index (χ1n) is 14.3. The number of amides is 2. The van der Waals surface area contributed by atoms with Crippen LogP contribution in [0.5, 0.6) is 5.75 Å². The van der Waals surface area contributed by atoms with Crippen molar-refractivity contribution in [1.82, 2.24) is 9.29 Å². The number of rotatable bonds is 11. The lowest BCUT2D eigenvalue weighted by Gasteiger charge is -2.23. The van der Waals surface area contributed by atoms with Gasteiger partial charge in [-0.2, -0.15) is 4.31 Å². The molecule has 0 radical (unpaired) electrons. The summed E-state index contributed by atoms with van der Waals surface area (Å²) in [5.74, 6) is 1.04. The first kappa shape index (κ1) is 31.4. The van der Waals surface area contributed by atoms with E-state index >= 15 is 0 Å². The SMILES string of the molecule is Cc1c(NC(=O)c2ccc(OCC3CC3)cc2)ccc2cc(CN(C(=O)OC(C)C)S(=O)(=O)c3ccccc3[N+](=O)[O-])cnc12. The van der Waals surface area contributed by atoms with Gasteiger partial charge in [-0.25, -0.2) is 13.2 Å². The van der Waals surface area contributed by atoms with Crippen LogP contribution in [0.2, 0.25) is 0 Å². The number of nitro groups is 1. The molecule has 13 heteroatoms. The highest BCUT2D eigenvalue weighted by Gasteiger charge is 2.36. The van der Waals surface area contributed by atoms with Crippen LogP contribution < -0.4 is 10.1 Å². The Morgan fingerprint density at radius 3 is 2.47 bits per heavy atom. The standard InChI is InChI=1S/C32H32N4O8S/c1-20(2)44-32(38)35(45(41,42)29-7-5-4-6-28(29)36(39)40)18-23-16-25-12-15-27(21(3)30(25)33-17-23)34-31(37)24-10-13-26(14-11-24)43-19-22-8-9-22/h4-7,10-17,20,22H,8-9,18-19H2,1-3H3,(H,34,37). The van der Waals surface area contributed by atoms with E-state index in [2.05, 4.69) is 10.3 Å². The van der Waals surface area contributed by atoms with Crippen LogP contribution in [0.15, 0.2) is 77.8 Å². The number of nitrogens with one attached hydrogen (secondary N) is 1. The summed E-state index contributed by atoms with van der Waals surface area (Å²) in [7, 11) is -4.70. The van der Waals surface area contributed by atoms with Crippen LogP contribution in [0.1, 0.15) is 48.2 Å². The molecule has 0 aliphatic heterocycles. The van der Waals surface area contributed by atoms with E-state index in [0.29, 0.717) is 55.9 Å². The largest absolute Gasteiger partial charge is 0.493 e. The average Bonchev–Trinajstić information content (AvgIpc) is 3.84. The van der Waals surface area contributed by atoms with Crippen LogP contribution in [0.3, 0.4) is 0 Å². The highest BCUT2D eigenvalue weighted by molar-refractivity contribution is 7.89. The second kappa shape index (κ2) is 12.9. The summed E-state index contributed by atoms with van der Waals surface area (Å²) < 4.78 is 38.6. The Kier molecular flexibility index (Phi) is 9.00. The number of aryl methyl sites for hydroxylation is 1. The topological polar surface area (TPSA) is 158 Å². The minimum atomic E-state index is -4.70. The van der Waals surface area contributed by atoms with Crippen molar-refractivity contribution in [2.24, 2.45) is 5.92 Å². The number of pyridine rings is 1. The number of carbonyl (C=O) groups is 2. The van der Waals surface area contributed by atoms with Crippen LogP contribution in [-0.4, -0.2) is 47.3 Å². The zero-order valence-corrected chi connectivity index (χ0v) is 25.7. The number of nitrogens with zero attached hydrogens (tertiary/aromatic N) is 3. The van der Waals surface area contributed by atoms with E-state index in [1.165, 1.54) is 31.2 Å². The fourth-order valence-corrected chi connectivity index (χ4v) is 6.08. The molecule has 1 fully saturated rings. The van der Waals surface area contributed by atoms with Gasteiger partial charge in [-0.1, -0.05) is 18.2 Å². The van der Waals surface area contributed by atoms with Gasteiger partial charge in [0.1, 0.15) is 5.75 Å². The first-order valence-corrected chi connectivity index (χ1v) is 15.8. The van der Waals surface area contributed by atoms with Crippen molar-refractivity contribution in [3.05, 3.63) is 99.7 Å². The molecule has 1 N–H and O–H groups in total. The number of para-hydroxylation sites is 1. The Labute approximate surface area is 260 Å². The number of hydrogen-bond donors (Lipinski definition) is 1. The highest BCUT2D eigenvalue weighted by atomic mass is 32.2. The molecule has 0 bridgehead atoms. The van der Waals surface area contributed by atoms with E-state index in [4.69, 9.17) is 9.47 Å². The number of anilines is 1. The number of nitro benzene ring substituents is 1. The zero-order valence-electron chi connectivity index (χ0n) is 24.9. The van der Waals surface area contributed by atoms with Crippen LogP contribution in [-0.2, 0) is 21.3 Å². The summed E-state index contributed by atoms with van der Waals surface area (Å²) in [4.78, 5) is 40.6. The molecule has 0 atom stereocenters. The number of hydrogen-bond acceptors (Lipinski definition) is 9. The third-order valence-electron chi connectivity index (χ3n) is 7.21. The smallest absolute Gasteiger partial charge is 0.424 e. The van der Waals surface area contributed by atoms with Crippen LogP contribution in [0, 0.1) is 23.0 Å². The van der Waals surface area contributed by atoms with Crippen LogP contribution >= 0.6 is 0 Å². The normalized spacial score (nSPS) is 13.0. The lowest BCUT2D eigenvalue weighted by Crippen LogP contribution is -2.38. The summed E-state index contributed by atoms with van der Waals surface area (Å²) in [6.45, 7) is 5.11. The molecule has 45 heavy (non-hydrogen) atoms. The molecular weight excluding hydrogens is 600 g/mol. The van der Waals surface area contributed by atoms with E-state index in [1.54, 1.807) is 63.2 Å². The summed E-state index contributed by atoms with van der Waals surface area (Å²) in [5.41, 5.74) is 1.91. The molecule has 1 saturated carbocycles. The minimum absolute atomic E-state index is 0.303. The molecule has 3 aromatic carbocycles. The van der Waals surface area contributed by atoms with E-state index in [1.807, 2.05) is 0 Å². The molecule has 0 spiro atoms. The Bertz CT molecular complexity index is 1870. The number of carbonyl (C=O) groups excluding carboxylic acids is 2. The van der Waals surface area contributed by atoms with E-state index in [-0.39, 0.29) is 5.91 Å². The second-order valence-electron chi connectivity index (χ2n) is 11.1. The van der Waals surface area contributed by atoms with E-state index in [9.17, 15) is 28.1 Å². The third-order valence-corrected chi connectivity index (χ3v) is 8.97. The Balaban J connectivity index is 1.38. The van der Waals surface area contributed by atoms with Crippen molar-refractivity contribution in [2.75, 3.05) is 11.9 Å². The number of sulfonamides is 1. The molecule has 5 rings (SSSR count). The molecule has 1 aliphatic rings. The van der Waals surface area contributed by atoms with Crippen molar-refractivity contribution in [3.8, 4) is 5.75 Å². The maximum absolute atomic E-state index is 13.6. The Morgan fingerprint density at radius 1 is 1.09 bits per heavy atom. The number of benzene rings is 3. The van der Waals surface area contributed by atoms with Gasteiger partial charge in [0.05, 0.1) is 29.7 Å². The lowest BCUT2D eigenvalue weighted by atomic mass is 10.1. The van der Waals surface area contributed by atoms with Gasteiger partial charge in [0, 0.05) is 28.9 Å². The average molecular weight is 633 g/mol. The van der Waals surface area contributed by atoms with Crippen molar-refractivity contribution in [1.29, 1.82) is 0 Å². The van der Waals surface area contributed by atoms with Crippen molar-refractivity contribution in [3.63, 3.8) is 0 Å². The maximum atomic E-state index is 13.6. The molecular formula is C32H32N4O8S. The van der Waals surface area contributed by atoms with Crippen LogP contribution in [0.25, 0.3) is 10.9 Å². The van der Waals surface area contributed by atoms with Gasteiger partial charge in [0.15, 0.2) is 4.90 Å². The summed E-state index contributed by atoms with van der Waals surface area (Å²) in [6, 6.07) is 16.8. The molecule has 4 aromatic rings. The number of ether oxygens (including phenoxy) is 2. The molecule has 0 saturated heterocycles. The van der Waals surface area contributed by atoms with E-state index in [0.717, 1.165) is 12.1 Å². The Morgan fingerprint density at radius 2 is 1.80 bits per heavy atom. The number of aromatic nitrogens is 1. The summed E-state index contributed by atoms with van der Waals surface area (Å²) in [6.07, 6.45) is 1.96. The fraction of sp³-hybridized carbons (Fsp3) is 0.281. The zero-order chi connectivity index (χ0) is 32.3. The molecule has 1 aliphatic carbocycles. The molecule has 0 unspecified atom stereocenters. The van der Waals surface area contributed by atoms with Gasteiger partial charge in [0.25, 0.3) is 21.6 Å². The van der Waals surface area contributed by atoms with Crippen molar-refractivity contribution >= 4 is 44.3 Å². The van der Waals surface area contributed by atoms with Crippen LogP contribution in [0.4, 0.5) is 16.2 Å². The number of fused-ring (bicyclic) bond motifs is 1. The molecule has 12 nitrogen and oxygen atoms in total. The molecule has 234 valence electrons. The molecule has 1 aromatic heterocycles. The van der Waals surface area contributed by atoms with Gasteiger partial charge in [-0.3, -0.25) is 19.9 Å². The minimum Gasteiger partial charge on any atom is -0.493 e. The van der Waals surface area contributed by atoms with Gasteiger partial charge in [-0.05, 0) is 93.1 Å². The van der Waals surface area contributed by atoms with E-state index < -0.39 is 44.3 Å².